The van der Waals surface area contributed by atoms with Crippen LogP contribution in [0.3, 0.4) is 0 Å². The second-order valence-corrected chi connectivity index (χ2v) is 20.7. The number of rotatable bonds is 48. The molecule has 0 bridgehead atoms. The van der Waals surface area contributed by atoms with Gasteiger partial charge in [0.05, 0.1) is 39.9 Å². The first-order chi connectivity index (χ1) is 28.5. The van der Waals surface area contributed by atoms with Crippen molar-refractivity contribution in [3.63, 3.8) is 0 Å². The number of aliphatic hydroxyl groups excluding tert-OH is 1. The molecule has 9 heteroatoms. The lowest BCUT2D eigenvalue weighted by molar-refractivity contribution is -0.870. The Kier molecular flexibility index (Phi) is 42.4. The van der Waals surface area contributed by atoms with Gasteiger partial charge in [0.2, 0.25) is 5.91 Å². The second-order valence-electron chi connectivity index (χ2n) is 19.2. The van der Waals surface area contributed by atoms with Gasteiger partial charge in [0.1, 0.15) is 13.2 Å². The van der Waals surface area contributed by atoms with Crippen LogP contribution in [0.1, 0.15) is 264 Å². The number of phosphoric acid groups is 1. The molecule has 0 aliphatic heterocycles. The molecule has 0 radical (unpaired) electrons. The number of nitrogens with zero attached hydrogens (tertiary/aromatic N) is 1. The Bertz CT molecular complexity index is 932. The standard InChI is InChI=1S/C50H103N2O6P/c1-6-8-10-12-14-15-16-17-18-19-20-21-22-23-24-25-26-27-28-29-30-31-32-33-34-35-36-37-38-39-41-43-49(53)48(51-50(54)44-42-40-13-11-9-7-2)47-58-59(55,56)57-46-45-52(3,4)5/h48-49,53H,6-47H2,1-5H3,(H-,51,54,55,56). The maximum Gasteiger partial charge on any atom is 0.268 e. The Morgan fingerprint density at radius 2 is 0.831 bits per heavy atom. The summed E-state index contributed by atoms with van der Waals surface area (Å²) in [6, 6.07) is -0.791. The molecule has 0 fully saturated rings. The highest BCUT2D eigenvalue weighted by Gasteiger charge is 2.24. The van der Waals surface area contributed by atoms with Crippen molar-refractivity contribution in [1.82, 2.24) is 5.32 Å². The molecule has 0 saturated heterocycles. The first-order valence-electron chi connectivity index (χ1n) is 25.9. The summed E-state index contributed by atoms with van der Waals surface area (Å²) in [4.78, 5) is 25.1. The molecule has 0 aromatic carbocycles. The fourth-order valence-corrected chi connectivity index (χ4v) is 8.71. The van der Waals surface area contributed by atoms with Crippen LogP contribution in [0, 0.1) is 0 Å². The molecule has 0 saturated carbocycles. The van der Waals surface area contributed by atoms with E-state index in [4.69, 9.17) is 9.05 Å². The fourth-order valence-electron chi connectivity index (χ4n) is 7.98. The summed E-state index contributed by atoms with van der Waals surface area (Å²) in [6.45, 7) is 4.68. The summed E-state index contributed by atoms with van der Waals surface area (Å²) < 4.78 is 23.2. The summed E-state index contributed by atoms with van der Waals surface area (Å²) in [5.74, 6) is -0.171. The maximum absolute atomic E-state index is 12.7. The monoisotopic (exact) mass is 859 g/mol. The van der Waals surface area contributed by atoms with Crippen LogP contribution in [-0.4, -0.2) is 68.5 Å². The van der Waals surface area contributed by atoms with Gasteiger partial charge in [-0.25, -0.2) is 0 Å². The number of hydrogen-bond acceptors (Lipinski definition) is 6. The van der Waals surface area contributed by atoms with E-state index in [0.717, 1.165) is 38.5 Å². The number of carbonyl (C=O) groups excluding carboxylic acids is 1. The molecule has 3 unspecified atom stereocenters. The van der Waals surface area contributed by atoms with E-state index in [1.165, 1.54) is 199 Å². The number of aliphatic hydroxyl groups is 1. The molecule has 0 aliphatic carbocycles. The molecule has 59 heavy (non-hydrogen) atoms. The SMILES string of the molecule is CCCCCCCCCCCCCCCCCCCCCCCCCCCCCCCCCC(O)C(COP(=O)([O-])OCC[N+](C)(C)C)NC(=O)CCCCCCCC. The van der Waals surface area contributed by atoms with Crippen molar-refractivity contribution in [2.75, 3.05) is 40.9 Å². The number of likely N-dealkylation sites (N-methyl/N-ethyl adjacent to an activating group) is 1. The van der Waals surface area contributed by atoms with E-state index in [9.17, 15) is 19.4 Å². The lowest BCUT2D eigenvalue weighted by atomic mass is 10.0. The van der Waals surface area contributed by atoms with E-state index in [-0.39, 0.29) is 19.1 Å². The maximum atomic E-state index is 12.7. The van der Waals surface area contributed by atoms with E-state index < -0.39 is 20.0 Å². The Labute approximate surface area is 368 Å². The zero-order chi connectivity index (χ0) is 43.6. The molecule has 8 nitrogen and oxygen atoms in total. The first kappa shape index (κ1) is 58.5. The number of hydrogen-bond donors (Lipinski definition) is 2. The van der Waals surface area contributed by atoms with Crippen LogP contribution in [0.4, 0.5) is 0 Å². The van der Waals surface area contributed by atoms with Crippen molar-refractivity contribution < 1.29 is 32.9 Å². The highest BCUT2D eigenvalue weighted by Crippen LogP contribution is 2.38. The van der Waals surface area contributed by atoms with Crippen molar-refractivity contribution in [3.8, 4) is 0 Å². The van der Waals surface area contributed by atoms with Crippen molar-refractivity contribution in [1.29, 1.82) is 0 Å². The van der Waals surface area contributed by atoms with Gasteiger partial charge in [-0.15, -0.1) is 0 Å². The Balaban J connectivity index is 3.84. The van der Waals surface area contributed by atoms with Crippen LogP contribution in [-0.2, 0) is 18.4 Å². The van der Waals surface area contributed by atoms with E-state index in [1.54, 1.807) is 0 Å². The van der Waals surface area contributed by atoms with Gasteiger partial charge in [-0.3, -0.25) is 9.36 Å². The number of phosphoric ester groups is 1. The Morgan fingerprint density at radius 1 is 0.525 bits per heavy atom. The number of nitrogens with one attached hydrogen (secondary N) is 1. The lowest BCUT2D eigenvalue weighted by Crippen LogP contribution is -2.46. The summed E-state index contributed by atoms with van der Waals surface area (Å²) in [6.07, 6.45) is 48.9. The van der Waals surface area contributed by atoms with Gasteiger partial charge in [-0.2, -0.15) is 0 Å². The topological polar surface area (TPSA) is 108 Å². The van der Waals surface area contributed by atoms with Crippen LogP contribution in [0.25, 0.3) is 0 Å². The number of amides is 1. The van der Waals surface area contributed by atoms with Gasteiger partial charge >= 0.3 is 0 Å². The van der Waals surface area contributed by atoms with Crippen molar-refractivity contribution >= 4 is 13.7 Å². The average Bonchev–Trinajstić information content (AvgIpc) is 3.19. The molecule has 0 heterocycles. The average molecular weight is 859 g/mol. The quantitative estimate of drug-likeness (QED) is 0.0358. The first-order valence-corrected chi connectivity index (χ1v) is 27.3. The molecule has 2 N–H and O–H groups in total. The predicted molar refractivity (Wildman–Crippen MR) is 252 cm³/mol. The molecule has 0 aliphatic rings. The Hall–Kier alpha value is -0.500. The zero-order valence-electron chi connectivity index (χ0n) is 40.2. The van der Waals surface area contributed by atoms with Crippen LogP contribution in [0.2, 0.25) is 0 Å². The van der Waals surface area contributed by atoms with Gasteiger partial charge in [0, 0.05) is 6.42 Å². The molecule has 3 atom stereocenters. The number of unbranched alkanes of at least 4 members (excludes halogenated alkanes) is 35. The van der Waals surface area contributed by atoms with Gasteiger partial charge in [-0.1, -0.05) is 245 Å². The van der Waals surface area contributed by atoms with Gasteiger partial charge in [0.25, 0.3) is 7.82 Å². The summed E-state index contributed by atoms with van der Waals surface area (Å²) in [5.41, 5.74) is 0. The fraction of sp³-hybridized carbons (Fsp3) is 0.980. The molecule has 0 spiro atoms. The Morgan fingerprint density at radius 3 is 1.15 bits per heavy atom. The van der Waals surface area contributed by atoms with E-state index in [0.29, 0.717) is 23.9 Å². The van der Waals surface area contributed by atoms with Crippen LogP contribution in [0.15, 0.2) is 0 Å². The highest BCUT2D eigenvalue weighted by molar-refractivity contribution is 7.45. The molecule has 1 amide bonds. The van der Waals surface area contributed by atoms with E-state index in [2.05, 4.69) is 19.2 Å². The van der Waals surface area contributed by atoms with Crippen LogP contribution in [0.5, 0.6) is 0 Å². The number of quaternary nitrogens is 1. The third-order valence-electron chi connectivity index (χ3n) is 12.1. The van der Waals surface area contributed by atoms with Crippen LogP contribution >= 0.6 is 7.82 Å². The molecule has 0 rings (SSSR count). The van der Waals surface area contributed by atoms with Gasteiger partial charge in [-0.05, 0) is 12.8 Å². The minimum Gasteiger partial charge on any atom is -0.756 e. The van der Waals surface area contributed by atoms with Gasteiger partial charge < -0.3 is 28.8 Å². The third kappa shape index (κ3) is 45.3. The second kappa shape index (κ2) is 42.8. The number of carbonyl (C=O) groups is 1. The summed E-state index contributed by atoms with van der Waals surface area (Å²) in [5, 5.41) is 13.8. The van der Waals surface area contributed by atoms with E-state index >= 15 is 0 Å². The minimum absolute atomic E-state index is 0.0154. The summed E-state index contributed by atoms with van der Waals surface area (Å²) in [7, 11) is 1.32. The molecule has 354 valence electrons. The minimum atomic E-state index is -4.55. The molecule has 0 aromatic heterocycles. The van der Waals surface area contributed by atoms with Crippen molar-refractivity contribution in [3.05, 3.63) is 0 Å². The van der Waals surface area contributed by atoms with Crippen molar-refractivity contribution in [2.45, 2.75) is 276 Å². The normalized spacial score (nSPS) is 14.1. The molecular formula is C50H103N2O6P. The van der Waals surface area contributed by atoms with E-state index in [1.807, 2.05) is 21.1 Å². The highest BCUT2D eigenvalue weighted by atomic mass is 31.2. The molecule has 0 aromatic rings. The zero-order valence-corrected chi connectivity index (χ0v) is 41.1. The molecular weight excluding hydrogens is 756 g/mol. The predicted octanol–water partition coefficient (Wildman–Crippen LogP) is 14.3. The largest absolute Gasteiger partial charge is 0.756 e. The van der Waals surface area contributed by atoms with Gasteiger partial charge in [0.15, 0.2) is 0 Å². The van der Waals surface area contributed by atoms with Crippen LogP contribution < -0.4 is 10.2 Å². The van der Waals surface area contributed by atoms with Crippen molar-refractivity contribution in [2.24, 2.45) is 0 Å². The lowest BCUT2D eigenvalue weighted by Gasteiger charge is -2.30. The third-order valence-corrected chi connectivity index (χ3v) is 13.1. The summed E-state index contributed by atoms with van der Waals surface area (Å²) >= 11 is 0. The smallest absolute Gasteiger partial charge is 0.268 e.